The minimum absolute atomic E-state index is 0.949. The van der Waals surface area contributed by atoms with E-state index in [0.29, 0.717) is 0 Å². The van der Waals surface area contributed by atoms with E-state index in [4.69, 9.17) is 6.42 Å². The first-order valence-electron chi connectivity index (χ1n) is 2.44. The Labute approximate surface area is 48.7 Å². The van der Waals surface area contributed by atoms with Gasteiger partial charge in [0, 0.05) is 18.0 Å². The Morgan fingerprint density at radius 1 is 1.62 bits per heavy atom. The minimum Gasteiger partial charge on any atom is -0.366 e. The quantitative estimate of drug-likeness (QED) is 0.479. The monoisotopic (exact) mass is 105 g/mol. The predicted molar refractivity (Wildman–Crippen MR) is 33.5 cm³/mol. The lowest BCUT2D eigenvalue weighted by molar-refractivity contribution is 1.39. The highest BCUT2D eigenvalue weighted by Gasteiger charge is 1.89. The Balaban J connectivity index is 3.15. The van der Waals surface area contributed by atoms with Crippen LogP contribution < -0.4 is 0 Å². The van der Waals surface area contributed by atoms with Gasteiger partial charge in [0.1, 0.15) is 0 Å². The molecule has 1 heteroatoms. The first-order chi connectivity index (χ1) is 3.84. The second kappa shape index (κ2) is 1.75. The highest BCUT2D eigenvalue weighted by Crippen LogP contribution is 2.01. The number of nitrogens with one attached hydrogen (secondary N) is 1. The number of aryl methyl sites for hydroxylation is 1. The van der Waals surface area contributed by atoms with E-state index in [1.165, 1.54) is 0 Å². The lowest BCUT2D eigenvalue weighted by atomic mass is 10.2. The molecule has 1 N–H and O–H groups in total. The van der Waals surface area contributed by atoms with Crippen molar-refractivity contribution < 1.29 is 0 Å². The molecule has 0 aliphatic heterocycles. The number of aromatic nitrogens is 1. The van der Waals surface area contributed by atoms with Gasteiger partial charge in [0.15, 0.2) is 0 Å². The molecule has 40 valence electrons. The van der Waals surface area contributed by atoms with E-state index in [9.17, 15) is 0 Å². The number of aromatic amines is 1. The summed E-state index contributed by atoms with van der Waals surface area (Å²) in [7, 11) is 0. The fourth-order valence-electron chi connectivity index (χ4n) is 0.597. The van der Waals surface area contributed by atoms with Gasteiger partial charge < -0.3 is 4.98 Å². The van der Waals surface area contributed by atoms with Crippen LogP contribution >= 0.6 is 0 Å². The average Bonchev–Trinajstić information content (AvgIpc) is 2.14. The summed E-state index contributed by atoms with van der Waals surface area (Å²) in [5.74, 6) is 2.54. The lowest BCUT2D eigenvalue weighted by Crippen LogP contribution is -1.67. The van der Waals surface area contributed by atoms with Crippen LogP contribution in [-0.2, 0) is 0 Å². The molecular formula is C7H7N. The molecule has 0 saturated heterocycles. The van der Waals surface area contributed by atoms with Gasteiger partial charge in [-0.1, -0.05) is 5.92 Å². The van der Waals surface area contributed by atoms with E-state index in [1.54, 1.807) is 0 Å². The summed E-state index contributed by atoms with van der Waals surface area (Å²) in [4.78, 5) is 2.91. The Morgan fingerprint density at radius 2 is 2.38 bits per heavy atom. The van der Waals surface area contributed by atoms with E-state index >= 15 is 0 Å². The van der Waals surface area contributed by atoms with Crippen molar-refractivity contribution in [1.29, 1.82) is 0 Å². The summed E-state index contributed by atoms with van der Waals surface area (Å²) in [5.41, 5.74) is 2.08. The third-order valence-corrected chi connectivity index (χ3v) is 1.11. The van der Waals surface area contributed by atoms with Crippen LogP contribution in [0, 0.1) is 19.3 Å². The van der Waals surface area contributed by atoms with Crippen molar-refractivity contribution in [3.8, 4) is 12.3 Å². The maximum atomic E-state index is 5.13. The molecule has 1 aromatic rings. The average molecular weight is 105 g/mol. The number of hydrogen-bond acceptors (Lipinski definition) is 0. The SMILES string of the molecule is C#Cc1c[nH]cc1C. The van der Waals surface area contributed by atoms with Gasteiger partial charge in [0.2, 0.25) is 0 Å². The molecule has 0 aliphatic carbocycles. The van der Waals surface area contributed by atoms with E-state index < -0.39 is 0 Å². The molecule has 0 spiro atoms. The smallest absolute Gasteiger partial charge is 0.0446 e. The van der Waals surface area contributed by atoms with Crippen LogP contribution in [0.4, 0.5) is 0 Å². The summed E-state index contributed by atoms with van der Waals surface area (Å²) in [6, 6.07) is 0. The summed E-state index contributed by atoms with van der Waals surface area (Å²) in [5, 5.41) is 0. The van der Waals surface area contributed by atoms with Crippen LogP contribution in [0.1, 0.15) is 11.1 Å². The van der Waals surface area contributed by atoms with Crippen LogP contribution in [0.2, 0.25) is 0 Å². The second-order valence-corrected chi connectivity index (χ2v) is 1.70. The van der Waals surface area contributed by atoms with Crippen molar-refractivity contribution in [3.05, 3.63) is 23.5 Å². The fourth-order valence-corrected chi connectivity index (χ4v) is 0.597. The number of terminal acetylenes is 1. The maximum absolute atomic E-state index is 5.13. The molecule has 0 amide bonds. The van der Waals surface area contributed by atoms with Crippen molar-refractivity contribution in [2.75, 3.05) is 0 Å². The first-order valence-corrected chi connectivity index (χ1v) is 2.44. The van der Waals surface area contributed by atoms with Crippen LogP contribution in [0.15, 0.2) is 12.4 Å². The van der Waals surface area contributed by atoms with Crippen LogP contribution in [0.25, 0.3) is 0 Å². The highest BCUT2D eigenvalue weighted by atomic mass is 14.6. The Kier molecular flexibility index (Phi) is 1.09. The molecule has 1 heterocycles. The molecule has 1 nitrogen and oxygen atoms in total. The third-order valence-electron chi connectivity index (χ3n) is 1.11. The molecule has 0 unspecified atom stereocenters. The summed E-state index contributed by atoms with van der Waals surface area (Å²) in [6.45, 7) is 1.98. The zero-order valence-electron chi connectivity index (χ0n) is 4.73. The Hall–Kier alpha value is -1.16. The molecule has 0 aliphatic rings. The lowest BCUT2D eigenvalue weighted by Gasteiger charge is -1.79. The predicted octanol–water partition coefficient (Wildman–Crippen LogP) is 1.30. The zero-order valence-corrected chi connectivity index (χ0v) is 4.73. The van der Waals surface area contributed by atoms with Crippen LogP contribution in [0.5, 0.6) is 0 Å². The van der Waals surface area contributed by atoms with Gasteiger partial charge in [-0.3, -0.25) is 0 Å². The van der Waals surface area contributed by atoms with Gasteiger partial charge in [0.25, 0.3) is 0 Å². The molecule has 0 saturated carbocycles. The normalized spacial score (nSPS) is 8.50. The molecule has 0 bridgehead atoms. The molecule has 0 atom stereocenters. The molecule has 0 fully saturated rings. The summed E-state index contributed by atoms with van der Waals surface area (Å²) < 4.78 is 0. The zero-order chi connectivity index (χ0) is 5.98. The van der Waals surface area contributed by atoms with E-state index in [2.05, 4.69) is 10.9 Å². The second-order valence-electron chi connectivity index (χ2n) is 1.70. The standard InChI is InChI=1S/C7H7N/c1-3-7-5-8-4-6(7)2/h1,4-5,8H,2H3. The van der Waals surface area contributed by atoms with Gasteiger partial charge >= 0.3 is 0 Å². The van der Waals surface area contributed by atoms with Gasteiger partial charge in [-0.15, -0.1) is 6.42 Å². The third kappa shape index (κ3) is 0.607. The van der Waals surface area contributed by atoms with Crippen molar-refractivity contribution in [1.82, 2.24) is 4.98 Å². The molecule has 1 rings (SSSR count). The van der Waals surface area contributed by atoms with Gasteiger partial charge in [-0.05, 0) is 12.5 Å². The van der Waals surface area contributed by atoms with Crippen LogP contribution in [-0.4, -0.2) is 4.98 Å². The topological polar surface area (TPSA) is 15.8 Å². The number of rotatable bonds is 0. The molecule has 8 heavy (non-hydrogen) atoms. The Morgan fingerprint density at radius 3 is 2.62 bits per heavy atom. The Bertz CT molecular complexity index is 215. The van der Waals surface area contributed by atoms with Crippen LogP contribution in [0.3, 0.4) is 0 Å². The first kappa shape index (κ1) is 4.99. The van der Waals surface area contributed by atoms with E-state index in [1.807, 2.05) is 19.3 Å². The number of hydrogen-bond donors (Lipinski definition) is 1. The van der Waals surface area contributed by atoms with Crippen molar-refractivity contribution in [2.45, 2.75) is 6.92 Å². The van der Waals surface area contributed by atoms with E-state index in [-0.39, 0.29) is 0 Å². The van der Waals surface area contributed by atoms with Crippen molar-refractivity contribution in [3.63, 3.8) is 0 Å². The van der Waals surface area contributed by atoms with E-state index in [0.717, 1.165) is 11.1 Å². The highest BCUT2D eigenvalue weighted by molar-refractivity contribution is 5.36. The van der Waals surface area contributed by atoms with Crippen molar-refractivity contribution >= 4 is 0 Å². The minimum atomic E-state index is 0.949. The fraction of sp³-hybridized carbons (Fsp3) is 0.143. The maximum Gasteiger partial charge on any atom is 0.0446 e. The largest absolute Gasteiger partial charge is 0.366 e. The van der Waals surface area contributed by atoms with Crippen molar-refractivity contribution in [2.24, 2.45) is 0 Å². The molecule has 1 aromatic heterocycles. The summed E-state index contributed by atoms with van der Waals surface area (Å²) in [6.07, 6.45) is 8.82. The van der Waals surface area contributed by atoms with Gasteiger partial charge in [0.05, 0.1) is 0 Å². The molecular weight excluding hydrogens is 98.1 g/mol. The summed E-state index contributed by atoms with van der Waals surface area (Å²) >= 11 is 0. The van der Waals surface area contributed by atoms with Gasteiger partial charge in [-0.2, -0.15) is 0 Å². The molecule has 0 radical (unpaired) electrons. The molecule has 0 aromatic carbocycles. The van der Waals surface area contributed by atoms with Gasteiger partial charge in [-0.25, -0.2) is 0 Å². The number of H-pyrrole nitrogens is 1.